The van der Waals surface area contributed by atoms with Crippen LogP contribution < -0.4 is 9.47 Å². The van der Waals surface area contributed by atoms with E-state index >= 15 is 0 Å². The summed E-state index contributed by atoms with van der Waals surface area (Å²) in [7, 11) is 0. The maximum absolute atomic E-state index is 11.0. The molecule has 23 heavy (non-hydrogen) atoms. The highest BCUT2D eigenvalue weighted by atomic mass is 35.5. The Bertz CT molecular complexity index is 681. The van der Waals surface area contributed by atoms with Gasteiger partial charge in [-0.3, -0.25) is 9.59 Å². The minimum absolute atomic E-state index is 0.207. The summed E-state index contributed by atoms with van der Waals surface area (Å²) in [5.41, 5.74) is 0.828. The molecule has 0 bridgehead atoms. The molecule has 0 spiro atoms. The fourth-order valence-corrected chi connectivity index (χ4v) is 2.08. The number of benzene rings is 2. The van der Waals surface area contributed by atoms with E-state index in [9.17, 15) is 9.59 Å². The molecule has 0 amide bonds. The predicted octanol–water partition coefficient (Wildman–Crippen LogP) is 4.29. The van der Waals surface area contributed by atoms with Crippen LogP contribution in [0.25, 0.3) is 0 Å². The molecule has 2 rings (SSSR count). The molecule has 0 saturated heterocycles. The molecule has 2 aromatic carbocycles. The van der Waals surface area contributed by atoms with Crippen molar-refractivity contribution in [3.05, 3.63) is 59.7 Å². The number of hydrogen-bond donors (Lipinski definition) is 0. The molecule has 6 heteroatoms. The van der Waals surface area contributed by atoms with Crippen molar-refractivity contribution in [2.45, 2.75) is 13.0 Å². The number of carbonyl (C=O) groups excluding carboxylic acids is 2. The van der Waals surface area contributed by atoms with E-state index in [1.807, 2.05) is 6.92 Å². The topological polar surface area (TPSA) is 52.6 Å². The molecule has 0 N–H and O–H groups in total. The van der Waals surface area contributed by atoms with Crippen LogP contribution in [0.4, 0.5) is 0 Å². The molecule has 0 aliphatic carbocycles. The largest absolute Gasteiger partial charge is 0.490 e. The molecule has 0 saturated carbocycles. The van der Waals surface area contributed by atoms with E-state index in [-0.39, 0.29) is 6.10 Å². The fraction of sp³-hybridized carbons (Fsp3) is 0.176. The summed E-state index contributed by atoms with van der Waals surface area (Å²) in [6.07, 6.45) is -0.207. The van der Waals surface area contributed by atoms with Gasteiger partial charge in [-0.25, -0.2) is 0 Å². The van der Waals surface area contributed by atoms with Crippen molar-refractivity contribution in [2.24, 2.45) is 0 Å². The zero-order valence-corrected chi connectivity index (χ0v) is 13.8. The van der Waals surface area contributed by atoms with E-state index in [2.05, 4.69) is 0 Å². The van der Waals surface area contributed by atoms with E-state index < -0.39 is 10.5 Å². The van der Waals surface area contributed by atoms with Crippen LogP contribution in [-0.2, 0) is 0 Å². The second-order valence-corrected chi connectivity index (χ2v) is 5.52. The number of carbonyl (C=O) groups is 2. The van der Waals surface area contributed by atoms with Crippen molar-refractivity contribution in [2.75, 3.05) is 6.61 Å². The van der Waals surface area contributed by atoms with Gasteiger partial charge in [0.25, 0.3) is 10.5 Å². The first kappa shape index (κ1) is 17.3. The summed E-state index contributed by atoms with van der Waals surface area (Å²) in [4.78, 5) is 21.9. The van der Waals surface area contributed by atoms with Gasteiger partial charge in [0.2, 0.25) is 0 Å². The van der Waals surface area contributed by atoms with Crippen LogP contribution in [0.2, 0.25) is 0 Å². The Morgan fingerprint density at radius 1 is 0.870 bits per heavy atom. The maximum atomic E-state index is 11.0. The van der Waals surface area contributed by atoms with Crippen LogP contribution in [0, 0.1) is 0 Å². The predicted molar refractivity (Wildman–Crippen MR) is 88.8 cm³/mol. The molecule has 0 aliphatic rings. The smallest absolute Gasteiger partial charge is 0.252 e. The number of ether oxygens (including phenoxy) is 2. The quantitative estimate of drug-likeness (QED) is 0.697. The van der Waals surface area contributed by atoms with Gasteiger partial charge in [0.1, 0.15) is 24.2 Å². The molecule has 0 aromatic heterocycles. The van der Waals surface area contributed by atoms with E-state index in [1.165, 1.54) is 0 Å². The van der Waals surface area contributed by atoms with Crippen LogP contribution in [-0.4, -0.2) is 23.2 Å². The first-order valence-electron chi connectivity index (χ1n) is 6.85. The second-order valence-electron chi connectivity index (χ2n) is 4.84. The summed E-state index contributed by atoms with van der Waals surface area (Å²) in [6, 6.07) is 13.1. The number of hydrogen-bond acceptors (Lipinski definition) is 4. The Balaban J connectivity index is 1.85. The van der Waals surface area contributed by atoms with E-state index in [0.29, 0.717) is 29.2 Å². The molecule has 0 aliphatic heterocycles. The molecule has 0 radical (unpaired) electrons. The molecule has 0 heterocycles. The number of rotatable bonds is 7. The zero-order valence-electron chi connectivity index (χ0n) is 12.3. The lowest BCUT2D eigenvalue weighted by Crippen LogP contribution is -2.21. The molecular weight excluding hydrogens is 339 g/mol. The summed E-state index contributed by atoms with van der Waals surface area (Å²) in [5, 5.41) is -1.01. The average Bonchev–Trinajstić information content (AvgIpc) is 2.54. The average molecular weight is 353 g/mol. The highest BCUT2D eigenvalue weighted by Gasteiger charge is 2.08. The van der Waals surface area contributed by atoms with Gasteiger partial charge in [0.05, 0.1) is 0 Å². The Hall–Kier alpha value is -2.04. The van der Waals surface area contributed by atoms with Gasteiger partial charge in [-0.15, -0.1) is 0 Å². The lowest BCUT2D eigenvalue weighted by molar-refractivity contribution is 0.107. The normalized spacial score (nSPS) is 11.6. The summed E-state index contributed by atoms with van der Waals surface area (Å²) in [5.74, 6) is 1.23. The van der Waals surface area contributed by atoms with Gasteiger partial charge in [-0.1, -0.05) is 0 Å². The zero-order chi connectivity index (χ0) is 16.8. The van der Waals surface area contributed by atoms with Crippen molar-refractivity contribution in [1.29, 1.82) is 0 Å². The third-order valence-electron chi connectivity index (χ3n) is 2.98. The van der Waals surface area contributed by atoms with Crippen LogP contribution in [0.5, 0.6) is 11.5 Å². The minimum Gasteiger partial charge on any atom is -0.490 e. The van der Waals surface area contributed by atoms with Crippen molar-refractivity contribution >= 4 is 33.7 Å². The van der Waals surface area contributed by atoms with Gasteiger partial charge in [0.15, 0.2) is 0 Å². The molecule has 1 unspecified atom stereocenters. The molecule has 2 aromatic rings. The maximum Gasteiger partial charge on any atom is 0.252 e. The Morgan fingerprint density at radius 2 is 1.30 bits per heavy atom. The van der Waals surface area contributed by atoms with Crippen molar-refractivity contribution < 1.29 is 19.1 Å². The van der Waals surface area contributed by atoms with Gasteiger partial charge in [-0.05, 0) is 78.7 Å². The van der Waals surface area contributed by atoms with E-state index in [0.717, 1.165) is 0 Å². The Morgan fingerprint density at radius 3 is 1.74 bits per heavy atom. The van der Waals surface area contributed by atoms with Crippen molar-refractivity contribution in [1.82, 2.24) is 0 Å². The van der Waals surface area contributed by atoms with E-state index in [4.69, 9.17) is 32.7 Å². The van der Waals surface area contributed by atoms with Crippen LogP contribution in [0.3, 0.4) is 0 Å². The third-order valence-corrected chi connectivity index (χ3v) is 3.42. The highest BCUT2D eigenvalue weighted by Crippen LogP contribution is 2.17. The summed E-state index contributed by atoms with van der Waals surface area (Å²) < 4.78 is 11.3. The molecule has 120 valence electrons. The standard InChI is InChI=1S/C17H14Cl2O4/c1-11(23-15-8-4-13(5-9-15)17(19)21)10-22-14-6-2-12(3-7-14)16(18)20/h2-9,11H,10H2,1H3. The van der Waals surface area contributed by atoms with Gasteiger partial charge in [-0.2, -0.15) is 0 Å². The van der Waals surface area contributed by atoms with Gasteiger partial charge in [0, 0.05) is 11.1 Å². The fourth-order valence-electron chi connectivity index (χ4n) is 1.83. The van der Waals surface area contributed by atoms with Crippen molar-refractivity contribution in [3.8, 4) is 11.5 Å². The summed E-state index contributed by atoms with van der Waals surface area (Å²) in [6.45, 7) is 2.18. The lowest BCUT2D eigenvalue weighted by atomic mass is 10.2. The monoisotopic (exact) mass is 352 g/mol. The molecule has 0 fully saturated rings. The van der Waals surface area contributed by atoms with Gasteiger partial charge < -0.3 is 9.47 Å². The Kier molecular flexibility index (Phi) is 6.02. The summed E-state index contributed by atoms with van der Waals surface area (Å²) >= 11 is 10.8. The van der Waals surface area contributed by atoms with Crippen LogP contribution in [0.15, 0.2) is 48.5 Å². The third kappa shape index (κ3) is 5.27. The second kappa shape index (κ2) is 7.99. The minimum atomic E-state index is -0.508. The number of halogens is 2. The van der Waals surface area contributed by atoms with Crippen LogP contribution >= 0.6 is 23.2 Å². The SMILES string of the molecule is CC(COc1ccc(C(=O)Cl)cc1)Oc1ccc(C(=O)Cl)cc1. The highest BCUT2D eigenvalue weighted by molar-refractivity contribution is 6.68. The van der Waals surface area contributed by atoms with Crippen LogP contribution in [0.1, 0.15) is 27.6 Å². The molecule has 4 nitrogen and oxygen atoms in total. The first-order valence-corrected chi connectivity index (χ1v) is 7.60. The van der Waals surface area contributed by atoms with Gasteiger partial charge >= 0.3 is 0 Å². The lowest BCUT2D eigenvalue weighted by Gasteiger charge is -2.16. The Labute approximate surface area is 143 Å². The van der Waals surface area contributed by atoms with Crippen molar-refractivity contribution in [3.63, 3.8) is 0 Å². The molecule has 1 atom stereocenters. The molecular formula is C17H14Cl2O4. The first-order chi connectivity index (χ1) is 11.0. The van der Waals surface area contributed by atoms with E-state index in [1.54, 1.807) is 48.5 Å².